The molecule has 112 valence electrons. The third kappa shape index (κ3) is 1.89. The zero-order chi connectivity index (χ0) is 13.2. The molecule has 0 spiro atoms. The zero-order valence-corrected chi connectivity index (χ0v) is 12.3. The second-order valence-electron chi connectivity index (χ2n) is 7.84. The first-order valence-electron chi connectivity index (χ1n) is 8.74. The molecule has 5 rings (SSSR count). The van der Waals surface area contributed by atoms with E-state index in [0.29, 0.717) is 29.8 Å². The maximum atomic E-state index is 6.01. The monoisotopic (exact) mass is 278 g/mol. The van der Waals surface area contributed by atoms with Crippen molar-refractivity contribution in [3.05, 3.63) is 0 Å². The molecule has 20 heavy (non-hydrogen) atoms. The summed E-state index contributed by atoms with van der Waals surface area (Å²) in [4.78, 5) is 0. The van der Waals surface area contributed by atoms with E-state index in [1.54, 1.807) is 0 Å². The van der Waals surface area contributed by atoms with E-state index in [-0.39, 0.29) is 0 Å². The largest absolute Gasteiger partial charge is 0.381 e. The van der Waals surface area contributed by atoms with Gasteiger partial charge >= 0.3 is 0 Å². The van der Waals surface area contributed by atoms with Gasteiger partial charge in [0.15, 0.2) is 0 Å². The highest BCUT2D eigenvalue weighted by molar-refractivity contribution is 5.05. The lowest BCUT2D eigenvalue weighted by molar-refractivity contribution is -0.0934. The van der Waals surface area contributed by atoms with E-state index < -0.39 is 0 Å². The summed E-state index contributed by atoms with van der Waals surface area (Å²) in [6.45, 7) is 1.99. The Labute approximate surface area is 121 Å². The van der Waals surface area contributed by atoms with E-state index in [2.05, 4.69) is 0 Å². The summed E-state index contributed by atoms with van der Waals surface area (Å²) >= 11 is 0. The lowest BCUT2D eigenvalue weighted by Crippen LogP contribution is -2.47. The molecule has 0 aromatic heterocycles. The summed E-state index contributed by atoms with van der Waals surface area (Å²) < 4.78 is 17.6. The van der Waals surface area contributed by atoms with Gasteiger partial charge in [0.25, 0.3) is 0 Å². The van der Waals surface area contributed by atoms with E-state index in [0.717, 1.165) is 25.0 Å². The van der Waals surface area contributed by atoms with Gasteiger partial charge in [0.05, 0.1) is 31.0 Å². The van der Waals surface area contributed by atoms with Crippen molar-refractivity contribution in [3.8, 4) is 0 Å². The van der Waals surface area contributed by atoms with Crippen LogP contribution in [0.2, 0.25) is 0 Å². The molecule has 3 heterocycles. The van der Waals surface area contributed by atoms with Crippen LogP contribution in [0.3, 0.4) is 0 Å². The van der Waals surface area contributed by atoms with E-state index in [4.69, 9.17) is 14.2 Å². The molecule has 5 fully saturated rings. The van der Waals surface area contributed by atoms with Gasteiger partial charge in [0.1, 0.15) is 0 Å². The van der Waals surface area contributed by atoms with Crippen molar-refractivity contribution < 1.29 is 14.2 Å². The second-order valence-corrected chi connectivity index (χ2v) is 7.84. The van der Waals surface area contributed by atoms with Gasteiger partial charge in [-0.3, -0.25) is 0 Å². The SMILES string of the molecule is C1COCC(C2CCC3OC3C2)(C2CCC3OC3C2)C1. The molecule has 0 radical (unpaired) electrons. The molecule has 0 N–H and O–H groups in total. The number of epoxide rings is 2. The third-order valence-corrected chi connectivity index (χ3v) is 6.94. The first-order valence-corrected chi connectivity index (χ1v) is 8.74. The molecule has 3 aliphatic heterocycles. The predicted molar refractivity (Wildman–Crippen MR) is 74.5 cm³/mol. The standard InChI is InChI=1S/C17H26O3/c1-6-17(10-18-7-1,11-2-4-13-15(8-11)19-13)12-3-5-14-16(9-12)20-14/h11-16H,1-10H2. The predicted octanol–water partition coefficient (Wildman–Crippen LogP) is 2.92. The number of hydrogen-bond donors (Lipinski definition) is 0. The molecular formula is C17H26O3. The van der Waals surface area contributed by atoms with Crippen LogP contribution in [0.25, 0.3) is 0 Å². The Hall–Kier alpha value is -0.120. The summed E-state index contributed by atoms with van der Waals surface area (Å²) in [5.41, 5.74) is 0.450. The first-order chi connectivity index (χ1) is 9.85. The van der Waals surface area contributed by atoms with Crippen LogP contribution in [0.15, 0.2) is 0 Å². The normalized spacial score (nSPS) is 57.6. The minimum absolute atomic E-state index is 0.450. The van der Waals surface area contributed by atoms with Crippen molar-refractivity contribution in [1.82, 2.24) is 0 Å². The van der Waals surface area contributed by atoms with Gasteiger partial charge in [0.2, 0.25) is 0 Å². The van der Waals surface area contributed by atoms with Crippen LogP contribution in [0.1, 0.15) is 51.4 Å². The van der Waals surface area contributed by atoms with E-state index in [1.807, 2.05) is 0 Å². The van der Waals surface area contributed by atoms with Gasteiger partial charge in [-0.1, -0.05) is 0 Å². The highest BCUT2D eigenvalue weighted by Crippen LogP contribution is 2.57. The highest BCUT2D eigenvalue weighted by Gasteiger charge is 2.56. The lowest BCUT2D eigenvalue weighted by atomic mass is 9.57. The summed E-state index contributed by atoms with van der Waals surface area (Å²) in [7, 11) is 0. The van der Waals surface area contributed by atoms with Gasteiger partial charge in [-0.15, -0.1) is 0 Å². The number of rotatable bonds is 2. The van der Waals surface area contributed by atoms with Crippen LogP contribution in [0.5, 0.6) is 0 Å². The van der Waals surface area contributed by atoms with Crippen LogP contribution >= 0.6 is 0 Å². The minimum Gasteiger partial charge on any atom is -0.381 e. The van der Waals surface area contributed by atoms with Gasteiger partial charge in [0, 0.05) is 6.61 Å². The lowest BCUT2D eigenvalue weighted by Gasteiger charge is -2.50. The molecule has 2 aliphatic carbocycles. The fraction of sp³-hybridized carbons (Fsp3) is 1.00. The molecule has 3 nitrogen and oxygen atoms in total. The van der Waals surface area contributed by atoms with Crippen LogP contribution in [-0.4, -0.2) is 37.6 Å². The summed E-state index contributed by atoms with van der Waals surface area (Å²) in [6, 6.07) is 0. The van der Waals surface area contributed by atoms with E-state index in [9.17, 15) is 0 Å². The number of hydrogen-bond acceptors (Lipinski definition) is 3. The zero-order valence-electron chi connectivity index (χ0n) is 12.3. The third-order valence-electron chi connectivity index (χ3n) is 6.94. The van der Waals surface area contributed by atoms with E-state index >= 15 is 0 Å². The van der Waals surface area contributed by atoms with Gasteiger partial charge in [-0.25, -0.2) is 0 Å². The smallest absolute Gasteiger partial charge is 0.0844 e. The van der Waals surface area contributed by atoms with Crippen molar-refractivity contribution in [3.63, 3.8) is 0 Å². The maximum Gasteiger partial charge on any atom is 0.0844 e. The fourth-order valence-corrected chi connectivity index (χ4v) is 5.67. The fourth-order valence-electron chi connectivity index (χ4n) is 5.67. The van der Waals surface area contributed by atoms with Crippen LogP contribution in [0, 0.1) is 17.3 Å². The Bertz CT molecular complexity index is 360. The Balaban J connectivity index is 1.40. The van der Waals surface area contributed by atoms with Crippen molar-refractivity contribution in [1.29, 1.82) is 0 Å². The average molecular weight is 278 g/mol. The number of fused-ring (bicyclic) bond motifs is 2. The van der Waals surface area contributed by atoms with Gasteiger partial charge in [-0.2, -0.15) is 0 Å². The molecule has 0 amide bonds. The maximum absolute atomic E-state index is 6.01. The first kappa shape index (κ1) is 12.4. The molecule has 2 saturated carbocycles. The quantitative estimate of drug-likeness (QED) is 0.728. The highest BCUT2D eigenvalue weighted by atomic mass is 16.6. The summed E-state index contributed by atoms with van der Waals surface area (Å²) in [6.07, 6.45) is 13.0. The van der Waals surface area contributed by atoms with Crippen molar-refractivity contribution in [2.24, 2.45) is 17.3 Å². The molecule has 5 aliphatic rings. The van der Waals surface area contributed by atoms with Crippen LogP contribution < -0.4 is 0 Å². The molecule has 0 aromatic carbocycles. The molecule has 6 unspecified atom stereocenters. The van der Waals surface area contributed by atoms with Crippen LogP contribution in [-0.2, 0) is 14.2 Å². The molecule has 6 atom stereocenters. The average Bonchev–Trinajstić information content (AvgIpc) is 3.39. The van der Waals surface area contributed by atoms with Gasteiger partial charge < -0.3 is 14.2 Å². The Kier molecular flexibility index (Phi) is 2.76. The van der Waals surface area contributed by atoms with E-state index in [1.165, 1.54) is 51.4 Å². The molecule has 3 saturated heterocycles. The summed E-state index contributed by atoms with van der Waals surface area (Å²) in [5, 5.41) is 0. The van der Waals surface area contributed by atoms with Crippen molar-refractivity contribution in [2.45, 2.75) is 75.8 Å². The molecule has 0 aromatic rings. The molecular weight excluding hydrogens is 252 g/mol. The Morgan fingerprint density at radius 3 is 1.90 bits per heavy atom. The topological polar surface area (TPSA) is 34.3 Å². The summed E-state index contributed by atoms with van der Waals surface area (Å²) in [5.74, 6) is 1.68. The van der Waals surface area contributed by atoms with Crippen molar-refractivity contribution >= 4 is 0 Å². The number of ether oxygens (including phenoxy) is 3. The molecule has 3 heteroatoms. The Morgan fingerprint density at radius 2 is 1.40 bits per heavy atom. The minimum atomic E-state index is 0.450. The molecule has 0 bridgehead atoms. The van der Waals surface area contributed by atoms with Crippen molar-refractivity contribution in [2.75, 3.05) is 13.2 Å². The van der Waals surface area contributed by atoms with Crippen LogP contribution in [0.4, 0.5) is 0 Å². The second kappa shape index (κ2) is 4.44. The van der Waals surface area contributed by atoms with Gasteiger partial charge in [-0.05, 0) is 68.6 Å². The Morgan fingerprint density at radius 1 is 0.750 bits per heavy atom.